The topological polar surface area (TPSA) is 173 Å². The van der Waals surface area contributed by atoms with Crippen LogP contribution in [0, 0.1) is 16.0 Å². The number of nitrogens with two attached hydrogens (primary N) is 1. The summed E-state index contributed by atoms with van der Waals surface area (Å²) >= 11 is 0. The highest BCUT2D eigenvalue weighted by Gasteiger charge is 2.34. The number of aromatic nitrogens is 1. The summed E-state index contributed by atoms with van der Waals surface area (Å²) < 4.78 is 29.4. The molecule has 1 amide bonds. The molecule has 1 aliphatic heterocycles. The minimum atomic E-state index is -4.19. The fourth-order valence-corrected chi connectivity index (χ4v) is 5.60. The Hall–Kier alpha value is -3.84. The maximum atomic E-state index is 13.4. The lowest BCUT2D eigenvalue weighted by atomic mass is 9.98. The van der Waals surface area contributed by atoms with E-state index < -0.39 is 32.5 Å². The fraction of sp³-hybridized carbons (Fsp3) is 0.286. The van der Waals surface area contributed by atoms with Crippen molar-refractivity contribution in [1.29, 1.82) is 0 Å². The van der Waals surface area contributed by atoms with Gasteiger partial charge in [-0.3, -0.25) is 14.9 Å². The number of nitrogens with zero attached hydrogens (tertiary/aromatic N) is 5. The van der Waals surface area contributed by atoms with E-state index in [0.717, 1.165) is 16.4 Å². The smallest absolute Gasteiger partial charge is 0.270 e. The van der Waals surface area contributed by atoms with Crippen LogP contribution in [0.5, 0.6) is 5.88 Å². The Morgan fingerprint density at radius 1 is 1.18 bits per heavy atom. The van der Waals surface area contributed by atoms with Crippen LogP contribution in [0.3, 0.4) is 0 Å². The quantitative estimate of drug-likeness (QED) is 0.307. The highest BCUT2D eigenvalue weighted by molar-refractivity contribution is 7.89. The third kappa shape index (κ3) is 4.10. The first kappa shape index (κ1) is 23.3. The molecule has 0 atom stereocenters. The van der Waals surface area contributed by atoms with Crippen molar-refractivity contribution >= 4 is 43.9 Å². The van der Waals surface area contributed by atoms with Crippen LogP contribution in [0.15, 0.2) is 57.6 Å². The molecule has 12 nitrogen and oxygen atoms in total. The predicted octanol–water partition coefficient (Wildman–Crippen LogP) is 3.09. The number of amides is 1. The van der Waals surface area contributed by atoms with Gasteiger partial charge < -0.3 is 15.4 Å². The number of nitro groups is 1. The molecule has 13 heteroatoms. The number of piperidine rings is 1. The van der Waals surface area contributed by atoms with Gasteiger partial charge in [-0.05, 0) is 25.0 Å². The highest BCUT2D eigenvalue weighted by Crippen LogP contribution is 2.40. The number of benzene rings is 2. The molecular weight excluding hydrogens is 464 g/mol. The van der Waals surface area contributed by atoms with Gasteiger partial charge in [0, 0.05) is 43.6 Å². The van der Waals surface area contributed by atoms with E-state index in [1.54, 1.807) is 31.3 Å². The summed E-state index contributed by atoms with van der Waals surface area (Å²) in [5.41, 5.74) is 5.63. The number of aromatic hydroxyl groups is 1. The number of sulfonamides is 1. The number of azo groups is 1. The Labute approximate surface area is 194 Å². The van der Waals surface area contributed by atoms with Crippen LogP contribution in [0.25, 0.3) is 10.9 Å². The molecule has 4 rings (SSSR count). The minimum Gasteiger partial charge on any atom is -0.493 e. The standard InChI is InChI=1S/C21H22N6O6S/c1-25-17-5-3-2-4-15(17)19(21(25)29)24-23-16-7-6-14(27(30)31)12-18(16)34(32,33)26-10-8-13(9-11-26)20(22)28/h2-7,12-13,29H,8-11H2,1H3,(H2,22,28). The molecule has 3 aromatic rings. The lowest BCUT2D eigenvalue weighted by Crippen LogP contribution is -2.41. The number of carbonyl (C=O) groups is 1. The number of para-hydroxylation sites is 1. The molecule has 0 radical (unpaired) electrons. The fourth-order valence-electron chi connectivity index (χ4n) is 3.99. The first-order valence-electron chi connectivity index (χ1n) is 10.4. The van der Waals surface area contributed by atoms with Gasteiger partial charge in [0.2, 0.25) is 21.8 Å². The van der Waals surface area contributed by atoms with Crippen LogP contribution in [0.4, 0.5) is 17.1 Å². The summed E-state index contributed by atoms with van der Waals surface area (Å²) in [5, 5.41) is 30.5. The van der Waals surface area contributed by atoms with Crippen molar-refractivity contribution in [3.05, 3.63) is 52.6 Å². The van der Waals surface area contributed by atoms with E-state index in [4.69, 9.17) is 5.73 Å². The molecule has 1 aromatic heterocycles. The van der Waals surface area contributed by atoms with E-state index in [-0.39, 0.29) is 48.1 Å². The number of rotatable bonds is 6. The maximum Gasteiger partial charge on any atom is 0.270 e. The van der Waals surface area contributed by atoms with E-state index in [0.29, 0.717) is 10.9 Å². The second-order valence-corrected chi connectivity index (χ2v) is 9.84. The zero-order valence-electron chi connectivity index (χ0n) is 18.2. The molecule has 0 saturated carbocycles. The number of non-ortho nitro benzene ring substituents is 1. The molecule has 1 fully saturated rings. The average Bonchev–Trinajstić information content (AvgIpc) is 3.07. The van der Waals surface area contributed by atoms with Crippen molar-refractivity contribution in [2.24, 2.45) is 28.9 Å². The summed E-state index contributed by atoms with van der Waals surface area (Å²) in [5.74, 6) is -1.08. The van der Waals surface area contributed by atoms with Gasteiger partial charge in [-0.15, -0.1) is 10.2 Å². The van der Waals surface area contributed by atoms with Gasteiger partial charge in [0.05, 0.1) is 10.4 Å². The van der Waals surface area contributed by atoms with Crippen LogP contribution in [0.1, 0.15) is 12.8 Å². The molecule has 0 aliphatic carbocycles. The summed E-state index contributed by atoms with van der Waals surface area (Å²) in [6.45, 7) is 0.0820. The van der Waals surface area contributed by atoms with Gasteiger partial charge in [-0.1, -0.05) is 18.2 Å². The van der Waals surface area contributed by atoms with Crippen LogP contribution in [-0.4, -0.2) is 46.3 Å². The minimum absolute atomic E-state index is 0.0410. The molecule has 34 heavy (non-hydrogen) atoms. The third-order valence-electron chi connectivity index (χ3n) is 5.94. The van der Waals surface area contributed by atoms with Crippen molar-refractivity contribution in [3.63, 3.8) is 0 Å². The van der Waals surface area contributed by atoms with E-state index in [1.807, 2.05) is 0 Å². The van der Waals surface area contributed by atoms with E-state index in [9.17, 15) is 28.4 Å². The molecule has 178 valence electrons. The molecule has 1 aliphatic rings. The number of hydrogen-bond acceptors (Lipinski definition) is 8. The average molecular weight is 487 g/mol. The Morgan fingerprint density at radius 2 is 1.85 bits per heavy atom. The Morgan fingerprint density at radius 3 is 2.50 bits per heavy atom. The second kappa shape index (κ2) is 8.83. The number of hydrogen-bond donors (Lipinski definition) is 2. The van der Waals surface area contributed by atoms with E-state index in [1.165, 1.54) is 10.6 Å². The zero-order valence-corrected chi connectivity index (χ0v) is 19.0. The van der Waals surface area contributed by atoms with Crippen molar-refractivity contribution in [3.8, 4) is 5.88 Å². The number of nitro benzene ring substituents is 1. The Balaban J connectivity index is 1.76. The second-order valence-electron chi connectivity index (χ2n) is 7.94. The normalized spacial score (nSPS) is 15.8. The number of fused-ring (bicyclic) bond motifs is 1. The molecule has 2 heterocycles. The maximum absolute atomic E-state index is 13.4. The SMILES string of the molecule is Cn1c(O)c(N=Nc2ccc([N+](=O)[O-])cc2S(=O)(=O)N2CCC(C(N)=O)CC2)c2ccccc21. The number of carbonyl (C=O) groups excluding carboxylic acids is 1. The Kier molecular flexibility index (Phi) is 6.06. The van der Waals surface area contributed by atoms with Gasteiger partial charge in [0.1, 0.15) is 10.6 Å². The lowest BCUT2D eigenvalue weighted by Gasteiger charge is -2.29. The highest BCUT2D eigenvalue weighted by atomic mass is 32.2. The van der Waals surface area contributed by atoms with Crippen molar-refractivity contribution in [1.82, 2.24) is 8.87 Å². The van der Waals surface area contributed by atoms with Crippen LogP contribution >= 0.6 is 0 Å². The van der Waals surface area contributed by atoms with Gasteiger partial charge in [0.15, 0.2) is 5.69 Å². The van der Waals surface area contributed by atoms with E-state index >= 15 is 0 Å². The summed E-state index contributed by atoms with van der Waals surface area (Å²) in [6.07, 6.45) is 0.508. The summed E-state index contributed by atoms with van der Waals surface area (Å²) in [7, 11) is -2.55. The van der Waals surface area contributed by atoms with Crippen LogP contribution in [-0.2, 0) is 21.9 Å². The zero-order chi connectivity index (χ0) is 24.6. The van der Waals surface area contributed by atoms with Crippen LogP contribution in [0.2, 0.25) is 0 Å². The molecule has 1 saturated heterocycles. The third-order valence-corrected chi connectivity index (χ3v) is 7.86. The van der Waals surface area contributed by atoms with Gasteiger partial charge in [-0.25, -0.2) is 8.42 Å². The predicted molar refractivity (Wildman–Crippen MR) is 123 cm³/mol. The number of aryl methyl sites for hydroxylation is 1. The molecule has 3 N–H and O–H groups in total. The summed E-state index contributed by atoms with van der Waals surface area (Å²) in [4.78, 5) is 21.7. The monoisotopic (exact) mass is 486 g/mol. The molecule has 0 bridgehead atoms. The van der Waals surface area contributed by atoms with Crippen molar-refractivity contribution in [2.75, 3.05) is 13.1 Å². The first-order valence-corrected chi connectivity index (χ1v) is 11.8. The lowest BCUT2D eigenvalue weighted by molar-refractivity contribution is -0.385. The molecular formula is C21H22N6O6S. The summed E-state index contributed by atoms with van der Waals surface area (Å²) in [6, 6.07) is 10.4. The Bertz CT molecular complexity index is 1420. The van der Waals surface area contributed by atoms with Gasteiger partial charge >= 0.3 is 0 Å². The van der Waals surface area contributed by atoms with Crippen molar-refractivity contribution in [2.45, 2.75) is 17.7 Å². The largest absolute Gasteiger partial charge is 0.493 e. The van der Waals surface area contributed by atoms with E-state index in [2.05, 4.69) is 10.2 Å². The number of primary amides is 1. The first-order chi connectivity index (χ1) is 16.1. The van der Waals surface area contributed by atoms with Gasteiger partial charge in [-0.2, -0.15) is 4.31 Å². The molecule has 0 spiro atoms. The van der Waals surface area contributed by atoms with Gasteiger partial charge in [0.25, 0.3) is 5.69 Å². The molecule has 0 unspecified atom stereocenters. The molecule has 2 aromatic carbocycles. The van der Waals surface area contributed by atoms with Crippen molar-refractivity contribution < 1.29 is 23.2 Å². The van der Waals surface area contributed by atoms with Crippen LogP contribution < -0.4 is 5.73 Å².